The minimum Gasteiger partial charge on any atom is -0.298 e. The van der Waals surface area contributed by atoms with Crippen molar-refractivity contribution in [3.05, 3.63) is 57.1 Å². The van der Waals surface area contributed by atoms with Crippen LogP contribution in [0.25, 0.3) is 6.08 Å². The van der Waals surface area contributed by atoms with Gasteiger partial charge in [-0.2, -0.15) is 0 Å². The standard InChI is InChI=1S/C13H11N3O3S/c1-9-8-20-13(14-9)15-12(17)7-6-10-4-2-3-5-11(10)16(18)19/h2-8H,1H3,(H,14,15,17)/b7-6+. The first-order valence-electron chi connectivity index (χ1n) is 5.71. The molecule has 0 atom stereocenters. The normalized spacial score (nSPS) is 10.7. The van der Waals surface area contributed by atoms with Gasteiger partial charge in [-0.1, -0.05) is 12.1 Å². The van der Waals surface area contributed by atoms with E-state index in [1.54, 1.807) is 18.2 Å². The van der Waals surface area contributed by atoms with Crippen LogP contribution in [0.3, 0.4) is 0 Å². The average Bonchev–Trinajstić information content (AvgIpc) is 2.82. The smallest absolute Gasteiger partial charge is 0.276 e. The minimum absolute atomic E-state index is 0.0401. The number of nitrogens with zero attached hydrogens (tertiary/aromatic N) is 2. The van der Waals surface area contributed by atoms with Crippen molar-refractivity contribution in [3.8, 4) is 0 Å². The molecule has 0 unspecified atom stereocenters. The maximum atomic E-state index is 11.7. The average molecular weight is 289 g/mol. The van der Waals surface area contributed by atoms with Crippen LogP contribution in [0.1, 0.15) is 11.3 Å². The molecule has 1 aromatic carbocycles. The van der Waals surface area contributed by atoms with E-state index >= 15 is 0 Å². The Bertz CT molecular complexity index is 679. The van der Waals surface area contributed by atoms with Gasteiger partial charge in [-0.15, -0.1) is 11.3 Å². The molecule has 0 spiro atoms. The molecule has 1 amide bonds. The van der Waals surface area contributed by atoms with Gasteiger partial charge in [-0.25, -0.2) is 4.98 Å². The molecule has 0 fully saturated rings. The van der Waals surface area contributed by atoms with Gasteiger partial charge in [-0.05, 0) is 19.1 Å². The van der Waals surface area contributed by atoms with Gasteiger partial charge in [0.25, 0.3) is 5.69 Å². The number of carbonyl (C=O) groups is 1. The molecule has 1 aromatic heterocycles. The summed E-state index contributed by atoms with van der Waals surface area (Å²) in [6, 6.07) is 6.22. The third-order valence-electron chi connectivity index (χ3n) is 2.40. The van der Waals surface area contributed by atoms with Crippen LogP contribution in [0.2, 0.25) is 0 Å². The number of nitro benzene ring substituents is 1. The van der Waals surface area contributed by atoms with Crippen LogP contribution in [0.15, 0.2) is 35.7 Å². The van der Waals surface area contributed by atoms with Crippen molar-refractivity contribution >= 4 is 34.1 Å². The van der Waals surface area contributed by atoms with E-state index in [0.717, 1.165) is 5.69 Å². The van der Waals surface area contributed by atoms with Crippen molar-refractivity contribution in [2.75, 3.05) is 5.32 Å². The van der Waals surface area contributed by atoms with Gasteiger partial charge >= 0.3 is 0 Å². The number of nitrogens with one attached hydrogen (secondary N) is 1. The molecule has 0 saturated heterocycles. The third-order valence-corrected chi connectivity index (χ3v) is 3.27. The van der Waals surface area contributed by atoms with Crippen LogP contribution in [0, 0.1) is 17.0 Å². The van der Waals surface area contributed by atoms with Crippen molar-refractivity contribution in [3.63, 3.8) is 0 Å². The molecule has 1 heterocycles. The Labute approximate surface area is 118 Å². The maximum Gasteiger partial charge on any atom is 0.276 e. The first kappa shape index (κ1) is 13.9. The fraction of sp³-hybridized carbons (Fsp3) is 0.0769. The molecule has 2 aromatic rings. The van der Waals surface area contributed by atoms with Crippen LogP contribution in [0.5, 0.6) is 0 Å². The van der Waals surface area contributed by atoms with E-state index in [-0.39, 0.29) is 11.6 Å². The lowest BCUT2D eigenvalue weighted by atomic mass is 10.1. The van der Waals surface area contributed by atoms with Gasteiger partial charge in [0.05, 0.1) is 16.2 Å². The second kappa shape index (κ2) is 6.07. The molecular weight excluding hydrogens is 278 g/mol. The fourth-order valence-corrected chi connectivity index (χ4v) is 2.21. The predicted molar refractivity (Wildman–Crippen MR) is 77.6 cm³/mol. The number of anilines is 1. The van der Waals surface area contributed by atoms with Crippen molar-refractivity contribution in [1.29, 1.82) is 0 Å². The lowest BCUT2D eigenvalue weighted by molar-refractivity contribution is -0.385. The molecule has 0 radical (unpaired) electrons. The summed E-state index contributed by atoms with van der Waals surface area (Å²) in [5.41, 5.74) is 1.16. The second-order valence-corrected chi connectivity index (χ2v) is 4.79. The number of hydrogen-bond donors (Lipinski definition) is 1. The Kier molecular flexibility index (Phi) is 4.21. The molecular formula is C13H11N3O3S. The van der Waals surface area contributed by atoms with Crippen molar-refractivity contribution in [2.45, 2.75) is 6.92 Å². The molecule has 0 aliphatic carbocycles. The topological polar surface area (TPSA) is 85.1 Å². The summed E-state index contributed by atoms with van der Waals surface area (Å²) in [6.07, 6.45) is 2.66. The van der Waals surface area contributed by atoms with E-state index < -0.39 is 4.92 Å². The molecule has 0 bridgehead atoms. The number of amides is 1. The van der Waals surface area contributed by atoms with Crippen LogP contribution in [-0.2, 0) is 4.79 Å². The van der Waals surface area contributed by atoms with Crippen LogP contribution >= 0.6 is 11.3 Å². The van der Waals surface area contributed by atoms with Gasteiger partial charge in [0.1, 0.15) is 0 Å². The summed E-state index contributed by atoms with van der Waals surface area (Å²) in [4.78, 5) is 26.1. The molecule has 7 heteroatoms. The lowest BCUT2D eigenvalue weighted by Crippen LogP contribution is -2.07. The first-order chi connectivity index (χ1) is 9.56. The molecule has 20 heavy (non-hydrogen) atoms. The Morgan fingerprint density at radius 1 is 1.45 bits per heavy atom. The zero-order chi connectivity index (χ0) is 14.5. The fourth-order valence-electron chi connectivity index (χ4n) is 1.52. The van der Waals surface area contributed by atoms with E-state index in [4.69, 9.17) is 0 Å². The van der Waals surface area contributed by atoms with Crippen LogP contribution in [0.4, 0.5) is 10.8 Å². The van der Waals surface area contributed by atoms with Crippen molar-refractivity contribution in [1.82, 2.24) is 4.98 Å². The molecule has 1 N–H and O–H groups in total. The monoisotopic (exact) mass is 289 g/mol. The number of para-hydroxylation sites is 1. The van der Waals surface area contributed by atoms with Crippen LogP contribution in [-0.4, -0.2) is 15.8 Å². The second-order valence-electron chi connectivity index (χ2n) is 3.93. The highest BCUT2D eigenvalue weighted by atomic mass is 32.1. The third kappa shape index (κ3) is 3.48. The number of hydrogen-bond acceptors (Lipinski definition) is 5. The number of thiazole rings is 1. The Morgan fingerprint density at radius 3 is 2.85 bits per heavy atom. The molecule has 6 nitrogen and oxygen atoms in total. The number of benzene rings is 1. The van der Waals surface area contributed by atoms with Gasteiger partial charge in [0.2, 0.25) is 5.91 Å². The highest BCUT2D eigenvalue weighted by molar-refractivity contribution is 7.13. The highest BCUT2D eigenvalue weighted by Gasteiger charge is 2.10. The van der Waals surface area contributed by atoms with Crippen molar-refractivity contribution < 1.29 is 9.72 Å². The van der Waals surface area contributed by atoms with E-state index in [9.17, 15) is 14.9 Å². The van der Waals surface area contributed by atoms with Gasteiger partial charge in [0.15, 0.2) is 5.13 Å². The Hall–Kier alpha value is -2.54. The lowest BCUT2D eigenvalue weighted by Gasteiger charge is -1.97. The van der Waals surface area contributed by atoms with E-state index in [2.05, 4.69) is 10.3 Å². The van der Waals surface area contributed by atoms with Crippen molar-refractivity contribution in [2.24, 2.45) is 0 Å². The summed E-state index contributed by atoms with van der Waals surface area (Å²) < 4.78 is 0. The number of aromatic nitrogens is 1. The summed E-state index contributed by atoms with van der Waals surface area (Å²) in [6.45, 7) is 1.83. The number of aryl methyl sites for hydroxylation is 1. The first-order valence-corrected chi connectivity index (χ1v) is 6.59. The summed E-state index contributed by atoms with van der Waals surface area (Å²) in [5, 5.41) is 15.7. The molecule has 102 valence electrons. The summed E-state index contributed by atoms with van der Waals surface area (Å²) in [7, 11) is 0. The largest absolute Gasteiger partial charge is 0.298 e. The van der Waals surface area contributed by atoms with Gasteiger partial charge in [-0.3, -0.25) is 20.2 Å². The zero-order valence-corrected chi connectivity index (χ0v) is 11.4. The highest BCUT2D eigenvalue weighted by Crippen LogP contribution is 2.19. The molecule has 2 rings (SSSR count). The molecule has 0 aliphatic rings. The Balaban J connectivity index is 2.09. The molecule has 0 saturated carbocycles. The molecule has 0 aliphatic heterocycles. The number of nitro groups is 1. The SMILES string of the molecule is Cc1csc(NC(=O)/C=C/c2ccccc2[N+](=O)[O-])n1. The zero-order valence-electron chi connectivity index (χ0n) is 10.6. The quantitative estimate of drug-likeness (QED) is 0.532. The maximum absolute atomic E-state index is 11.7. The number of rotatable bonds is 4. The minimum atomic E-state index is -0.484. The predicted octanol–water partition coefficient (Wildman–Crippen LogP) is 3.01. The van der Waals surface area contributed by atoms with E-state index in [1.807, 2.05) is 12.3 Å². The Morgan fingerprint density at radius 2 is 2.20 bits per heavy atom. The van der Waals surface area contributed by atoms with Gasteiger partial charge < -0.3 is 0 Å². The van der Waals surface area contributed by atoms with E-state index in [0.29, 0.717) is 10.7 Å². The summed E-state index contributed by atoms with van der Waals surface area (Å²) in [5.74, 6) is -0.377. The van der Waals surface area contributed by atoms with E-state index in [1.165, 1.54) is 29.6 Å². The van der Waals surface area contributed by atoms with Gasteiger partial charge in [0, 0.05) is 17.5 Å². The number of carbonyl (C=O) groups excluding carboxylic acids is 1. The summed E-state index contributed by atoms with van der Waals surface area (Å²) >= 11 is 1.32. The van der Waals surface area contributed by atoms with Crippen LogP contribution < -0.4 is 5.32 Å².